The van der Waals surface area contributed by atoms with Crippen molar-refractivity contribution >= 4 is 0 Å². The van der Waals surface area contributed by atoms with Crippen LogP contribution in [0.3, 0.4) is 0 Å². The highest BCUT2D eigenvalue weighted by molar-refractivity contribution is 5.27. The number of ether oxygens (including phenoxy) is 1. The zero-order valence-corrected chi connectivity index (χ0v) is 11.0. The monoisotopic (exact) mass is 255 g/mol. The Hall–Kier alpha value is -1.78. The fourth-order valence-electron chi connectivity index (χ4n) is 2.31. The van der Waals surface area contributed by atoms with Gasteiger partial charge in [0.15, 0.2) is 5.82 Å². The van der Waals surface area contributed by atoms with Crippen molar-refractivity contribution in [3.05, 3.63) is 59.2 Å². The highest BCUT2D eigenvalue weighted by Gasteiger charge is 2.20. The van der Waals surface area contributed by atoms with Crippen LogP contribution in [0.25, 0.3) is 0 Å². The van der Waals surface area contributed by atoms with Gasteiger partial charge in [-0.1, -0.05) is 30.3 Å². The summed E-state index contributed by atoms with van der Waals surface area (Å²) in [5.74, 6) is 0.746. The van der Waals surface area contributed by atoms with Gasteiger partial charge in [0.1, 0.15) is 6.10 Å². The summed E-state index contributed by atoms with van der Waals surface area (Å²) >= 11 is 0. The number of benzene rings is 1. The minimum atomic E-state index is -0.183. The van der Waals surface area contributed by atoms with Crippen molar-refractivity contribution in [1.82, 2.24) is 15.3 Å². The first-order valence-electron chi connectivity index (χ1n) is 6.60. The first kappa shape index (κ1) is 12.3. The van der Waals surface area contributed by atoms with Gasteiger partial charge in [-0.2, -0.15) is 0 Å². The van der Waals surface area contributed by atoms with Gasteiger partial charge in [0.25, 0.3) is 0 Å². The Kier molecular flexibility index (Phi) is 3.53. The van der Waals surface area contributed by atoms with Crippen LogP contribution < -0.4 is 5.32 Å². The van der Waals surface area contributed by atoms with Gasteiger partial charge in [-0.15, -0.1) is 0 Å². The lowest BCUT2D eigenvalue weighted by Crippen LogP contribution is -2.11. The van der Waals surface area contributed by atoms with Crippen LogP contribution in [0.4, 0.5) is 0 Å². The number of rotatable bonds is 4. The van der Waals surface area contributed by atoms with E-state index in [9.17, 15) is 0 Å². The molecule has 0 fully saturated rings. The lowest BCUT2D eigenvalue weighted by molar-refractivity contribution is 0.0849. The van der Waals surface area contributed by atoms with Crippen molar-refractivity contribution in [2.45, 2.75) is 26.1 Å². The highest BCUT2D eigenvalue weighted by atomic mass is 16.5. The van der Waals surface area contributed by atoms with Crippen LogP contribution in [-0.4, -0.2) is 16.6 Å². The average molecular weight is 255 g/mol. The molecule has 0 radical (unpaired) electrons. The molecule has 0 spiro atoms. The molecule has 1 aromatic carbocycles. The normalized spacial score (nSPS) is 15.2. The van der Waals surface area contributed by atoms with Gasteiger partial charge in [-0.05, 0) is 12.5 Å². The topological polar surface area (TPSA) is 47.0 Å². The van der Waals surface area contributed by atoms with Gasteiger partial charge in [-0.25, -0.2) is 9.97 Å². The van der Waals surface area contributed by atoms with E-state index in [2.05, 4.69) is 27.4 Å². The van der Waals surface area contributed by atoms with E-state index < -0.39 is 0 Å². The summed E-state index contributed by atoms with van der Waals surface area (Å²) in [5, 5.41) is 3.28. The molecule has 0 bridgehead atoms. The number of nitrogens with zero attached hydrogens (tertiary/aromatic N) is 2. The van der Waals surface area contributed by atoms with Gasteiger partial charge in [0.2, 0.25) is 0 Å². The summed E-state index contributed by atoms with van der Waals surface area (Å²) < 4.78 is 5.83. The van der Waals surface area contributed by atoms with E-state index in [1.807, 2.05) is 31.3 Å². The maximum Gasteiger partial charge on any atom is 0.162 e. The molecule has 1 N–H and O–H groups in total. The molecule has 1 aromatic heterocycles. The van der Waals surface area contributed by atoms with Gasteiger partial charge in [0.05, 0.1) is 5.69 Å². The standard InChI is InChI=1S/C15H17N3O/c1-2-19-14(11-6-4-3-5-7-11)15-17-9-12-8-16-10-13(12)18-15/h3-7,9,14,16H,2,8,10H2,1H3. The van der Waals surface area contributed by atoms with E-state index in [-0.39, 0.29) is 6.10 Å². The largest absolute Gasteiger partial charge is 0.366 e. The molecule has 4 nitrogen and oxygen atoms in total. The summed E-state index contributed by atoms with van der Waals surface area (Å²) in [4.78, 5) is 9.12. The first-order valence-corrected chi connectivity index (χ1v) is 6.60. The lowest BCUT2D eigenvalue weighted by Gasteiger charge is -2.16. The Morgan fingerprint density at radius 1 is 1.26 bits per heavy atom. The molecule has 3 rings (SSSR count). The highest BCUT2D eigenvalue weighted by Crippen LogP contribution is 2.24. The molecule has 0 aliphatic carbocycles. The van der Waals surface area contributed by atoms with Crippen LogP contribution in [0.5, 0.6) is 0 Å². The molecular formula is C15H17N3O. The van der Waals surface area contributed by atoms with Gasteiger partial charge in [0, 0.05) is 31.5 Å². The van der Waals surface area contributed by atoms with Crippen molar-refractivity contribution in [2.24, 2.45) is 0 Å². The summed E-state index contributed by atoms with van der Waals surface area (Å²) in [5.41, 5.74) is 3.37. The summed E-state index contributed by atoms with van der Waals surface area (Å²) in [6.07, 6.45) is 1.73. The van der Waals surface area contributed by atoms with Crippen molar-refractivity contribution < 1.29 is 4.74 Å². The fraction of sp³-hybridized carbons (Fsp3) is 0.333. The van der Waals surface area contributed by atoms with Crippen LogP contribution in [0.1, 0.15) is 35.7 Å². The van der Waals surface area contributed by atoms with E-state index in [0.29, 0.717) is 6.61 Å². The summed E-state index contributed by atoms with van der Waals surface area (Å²) in [6, 6.07) is 10.1. The van der Waals surface area contributed by atoms with Crippen LogP contribution in [-0.2, 0) is 17.8 Å². The third kappa shape index (κ3) is 2.50. The van der Waals surface area contributed by atoms with Crippen LogP contribution in [0.15, 0.2) is 36.5 Å². The predicted octanol–water partition coefficient (Wildman–Crippen LogP) is 2.21. The van der Waals surface area contributed by atoms with Crippen molar-refractivity contribution in [3.8, 4) is 0 Å². The first-order chi connectivity index (χ1) is 9.38. The number of hydrogen-bond acceptors (Lipinski definition) is 4. The van der Waals surface area contributed by atoms with Crippen LogP contribution in [0.2, 0.25) is 0 Å². The SMILES string of the molecule is CCOC(c1ccccc1)c1ncc2c(n1)CNC2. The quantitative estimate of drug-likeness (QED) is 0.910. The van der Waals surface area contributed by atoms with Crippen molar-refractivity contribution in [2.75, 3.05) is 6.61 Å². The zero-order chi connectivity index (χ0) is 13.1. The Labute approximate surface area is 112 Å². The van der Waals surface area contributed by atoms with Gasteiger partial charge < -0.3 is 10.1 Å². The Morgan fingerprint density at radius 2 is 2.11 bits per heavy atom. The Morgan fingerprint density at radius 3 is 2.89 bits per heavy atom. The number of fused-ring (bicyclic) bond motifs is 1. The fourth-order valence-corrected chi connectivity index (χ4v) is 2.31. The minimum Gasteiger partial charge on any atom is -0.366 e. The lowest BCUT2D eigenvalue weighted by atomic mass is 10.1. The molecule has 0 saturated carbocycles. The smallest absolute Gasteiger partial charge is 0.162 e. The van der Waals surface area contributed by atoms with E-state index in [1.165, 1.54) is 5.56 Å². The van der Waals surface area contributed by atoms with E-state index in [4.69, 9.17) is 4.74 Å². The third-order valence-electron chi connectivity index (χ3n) is 3.25. The number of hydrogen-bond donors (Lipinski definition) is 1. The van der Waals surface area contributed by atoms with Crippen LogP contribution in [0, 0.1) is 0 Å². The number of aromatic nitrogens is 2. The second kappa shape index (κ2) is 5.47. The Balaban J connectivity index is 1.96. The molecule has 2 aromatic rings. The predicted molar refractivity (Wildman–Crippen MR) is 72.5 cm³/mol. The average Bonchev–Trinajstić information content (AvgIpc) is 2.93. The molecule has 1 aliphatic heterocycles. The molecule has 98 valence electrons. The second-order valence-electron chi connectivity index (χ2n) is 4.55. The second-order valence-corrected chi connectivity index (χ2v) is 4.55. The maximum atomic E-state index is 5.83. The van der Waals surface area contributed by atoms with Crippen molar-refractivity contribution in [3.63, 3.8) is 0 Å². The molecule has 19 heavy (non-hydrogen) atoms. The molecule has 4 heteroatoms. The third-order valence-corrected chi connectivity index (χ3v) is 3.25. The molecule has 1 unspecified atom stereocenters. The zero-order valence-electron chi connectivity index (χ0n) is 11.0. The maximum absolute atomic E-state index is 5.83. The Bertz CT molecular complexity index is 557. The molecule has 0 amide bonds. The van der Waals surface area contributed by atoms with Gasteiger partial charge in [-0.3, -0.25) is 0 Å². The van der Waals surface area contributed by atoms with Crippen molar-refractivity contribution in [1.29, 1.82) is 0 Å². The van der Waals surface area contributed by atoms with Gasteiger partial charge >= 0.3 is 0 Å². The molecular weight excluding hydrogens is 238 g/mol. The van der Waals surface area contributed by atoms with E-state index in [1.54, 1.807) is 0 Å². The molecule has 0 saturated heterocycles. The summed E-state index contributed by atoms with van der Waals surface area (Å²) in [7, 11) is 0. The molecule has 1 aliphatic rings. The van der Waals surface area contributed by atoms with E-state index in [0.717, 1.165) is 30.2 Å². The molecule has 2 heterocycles. The summed E-state index contributed by atoms with van der Waals surface area (Å²) in [6.45, 7) is 4.31. The minimum absolute atomic E-state index is 0.183. The number of nitrogens with one attached hydrogen (secondary N) is 1. The molecule has 1 atom stereocenters. The van der Waals surface area contributed by atoms with Crippen LogP contribution >= 0.6 is 0 Å². The van der Waals surface area contributed by atoms with E-state index >= 15 is 0 Å².